The summed E-state index contributed by atoms with van der Waals surface area (Å²) in [4.78, 5) is 0.743. The molecule has 0 aliphatic carbocycles. The highest BCUT2D eigenvalue weighted by Crippen LogP contribution is 2.44. The van der Waals surface area contributed by atoms with Crippen molar-refractivity contribution in [1.29, 1.82) is 0 Å². The number of benzene rings is 1. The van der Waals surface area contributed by atoms with Crippen LogP contribution < -0.4 is 4.74 Å². The predicted octanol–water partition coefficient (Wildman–Crippen LogP) is 5.52. The Labute approximate surface area is 190 Å². The molecule has 1 aromatic carbocycles. The fourth-order valence-corrected chi connectivity index (χ4v) is 3.66. The van der Waals surface area contributed by atoms with Crippen molar-refractivity contribution >= 4 is 16.9 Å². The Morgan fingerprint density at radius 3 is 2.18 bits per heavy atom. The van der Waals surface area contributed by atoms with E-state index in [0.29, 0.717) is 40.5 Å². The zero-order chi connectivity index (χ0) is 24.9. The lowest BCUT2D eigenvalue weighted by molar-refractivity contribution is -0.347. The monoisotopic (exact) mass is 496 g/mol. The first kappa shape index (κ1) is 26.9. The molecule has 0 unspecified atom stereocenters. The molecule has 182 valence electrons. The molecule has 3 N–H and O–H groups in total. The Morgan fingerprint density at radius 2 is 1.64 bits per heavy atom. The largest absolute Gasteiger partial charge is 0.488 e. The van der Waals surface area contributed by atoms with E-state index in [1.54, 1.807) is 36.6 Å². The van der Waals surface area contributed by atoms with Crippen LogP contribution in [0.3, 0.4) is 0 Å². The van der Waals surface area contributed by atoms with Crippen LogP contribution in [0.2, 0.25) is 0 Å². The zero-order valence-electron chi connectivity index (χ0n) is 17.4. The Kier molecular flexibility index (Phi) is 8.75. The van der Waals surface area contributed by atoms with Crippen LogP contribution in [0, 0.1) is 0 Å². The van der Waals surface area contributed by atoms with Gasteiger partial charge in [0.25, 0.3) is 5.60 Å². The second-order valence-corrected chi connectivity index (χ2v) is 8.00. The maximum atomic E-state index is 12.8. The summed E-state index contributed by atoms with van der Waals surface area (Å²) in [5, 5.41) is 29.4. The molecule has 11 heteroatoms. The molecule has 2 aromatic rings. The topological polar surface area (TPSA) is 69.9 Å². The molecule has 33 heavy (non-hydrogen) atoms. The third kappa shape index (κ3) is 6.38. The van der Waals surface area contributed by atoms with Crippen molar-refractivity contribution < 1.29 is 46.4 Å². The lowest BCUT2D eigenvalue weighted by Gasteiger charge is -2.29. The number of ether oxygens (including phenoxy) is 1. The van der Waals surface area contributed by atoms with Gasteiger partial charge in [-0.05, 0) is 58.3 Å². The lowest BCUT2D eigenvalue weighted by Crippen LogP contribution is -2.55. The average Bonchev–Trinajstić information content (AvgIpc) is 3.22. The number of aliphatic hydroxyl groups is 3. The molecule has 0 aliphatic heterocycles. The van der Waals surface area contributed by atoms with Crippen LogP contribution in [0.25, 0.3) is 5.57 Å². The van der Waals surface area contributed by atoms with Gasteiger partial charge >= 0.3 is 12.4 Å². The number of hydrogen-bond donors (Lipinski definition) is 3. The molecule has 2 rings (SSSR count). The van der Waals surface area contributed by atoms with Crippen LogP contribution in [-0.4, -0.2) is 33.3 Å². The van der Waals surface area contributed by atoms with E-state index in [-0.39, 0.29) is 25.9 Å². The van der Waals surface area contributed by atoms with E-state index in [9.17, 15) is 41.7 Å². The van der Waals surface area contributed by atoms with Crippen LogP contribution in [0.4, 0.5) is 26.3 Å². The van der Waals surface area contributed by atoms with E-state index in [2.05, 4.69) is 0 Å². The van der Waals surface area contributed by atoms with Gasteiger partial charge in [-0.3, -0.25) is 0 Å². The van der Waals surface area contributed by atoms with Crippen LogP contribution >= 0.6 is 11.3 Å². The van der Waals surface area contributed by atoms with Crippen LogP contribution in [0.1, 0.15) is 34.9 Å². The lowest BCUT2D eigenvalue weighted by atomic mass is 10.0. The number of aliphatic hydroxyl groups excluding tert-OH is 2. The summed E-state index contributed by atoms with van der Waals surface area (Å²) >= 11 is 1.29. The summed E-state index contributed by atoms with van der Waals surface area (Å²) in [6.07, 6.45) is -10.2. The zero-order valence-corrected chi connectivity index (χ0v) is 18.2. The minimum Gasteiger partial charge on any atom is -0.488 e. The third-order valence-electron chi connectivity index (χ3n) is 4.80. The van der Waals surface area contributed by atoms with E-state index in [4.69, 9.17) is 4.74 Å². The predicted molar refractivity (Wildman–Crippen MR) is 111 cm³/mol. The number of hydrogen-bond acceptors (Lipinski definition) is 5. The van der Waals surface area contributed by atoms with Crippen molar-refractivity contribution in [1.82, 2.24) is 0 Å². The second kappa shape index (κ2) is 10.7. The van der Waals surface area contributed by atoms with Crippen molar-refractivity contribution in [2.45, 2.75) is 51.1 Å². The normalized spacial score (nSPS) is 13.7. The number of alkyl halides is 6. The summed E-state index contributed by atoms with van der Waals surface area (Å²) in [5.74, 6) is 0.457. The first-order valence-corrected chi connectivity index (χ1v) is 10.5. The molecule has 0 fully saturated rings. The van der Waals surface area contributed by atoms with Gasteiger partial charge in [0, 0.05) is 4.88 Å². The van der Waals surface area contributed by atoms with Gasteiger partial charge in [0.15, 0.2) is 0 Å². The van der Waals surface area contributed by atoms with Gasteiger partial charge < -0.3 is 20.1 Å². The number of halogens is 6. The van der Waals surface area contributed by atoms with Crippen molar-refractivity contribution in [3.63, 3.8) is 0 Å². The molecule has 0 saturated heterocycles. The SMILES string of the molecule is CCC(=CC=CC(O)(C(F)(F)F)C(F)(F)F)c1csc(COc2ccc(CO)c(CO)c2)c1. The second-order valence-electron chi connectivity index (χ2n) is 7.00. The Bertz CT molecular complexity index is 978. The number of thiophene rings is 1. The molecule has 1 heterocycles. The smallest absolute Gasteiger partial charge is 0.430 e. The highest BCUT2D eigenvalue weighted by molar-refractivity contribution is 7.10. The quantitative estimate of drug-likeness (QED) is 0.316. The van der Waals surface area contributed by atoms with Gasteiger partial charge in [0.2, 0.25) is 0 Å². The van der Waals surface area contributed by atoms with Gasteiger partial charge in [-0.1, -0.05) is 25.1 Å². The molecule has 0 spiro atoms. The van der Waals surface area contributed by atoms with Gasteiger partial charge in [-0.15, -0.1) is 11.3 Å². The van der Waals surface area contributed by atoms with Crippen molar-refractivity contribution in [3.05, 3.63) is 69.4 Å². The first-order valence-electron chi connectivity index (χ1n) is 9.64. The first-order chi connectivity index (χ1) is 15.4. The van der Waals surface area contributed by atoms with Crippen molar-refractivity contribution in [2.24, 2.45) is 0 Å². The molecular formula is C22H22F6O4S. The van der Waals surface area contributed by atoms with E-state index >= 15 is 0 Å². The summed E-state index contributed by atoms with van der Waals surface area (Å²) in [7, 11) is 0. The number of rotatable bonds is 9. The number of allylic oxidation sites excluding steroid dienone is 3. The van der Waals surface area contributed by atoms with Gasteiger partial charge in [0.05, 0.1) is 13.2 Å². The molecule has 0 radical (unpaired) electrons. The molecule has 4 nitrogen and oxygen atoms in total. The van der Waals surface area contributed by atoms with Crippen LogP contribution in [-0.2, 0) is 19.8 Å². The summed E-state index contributed by atoms with van der Waals surface area (Å²) in [6, 6.07) is 6.53. The van der Waals surface area contributed by atoms with Crippen LogP contribution in [0.15, 0.2) is 47.9 Å². The highest BCUT2D eigenvalue weighted by atomic mass is 32.1. The average molecular weight is 496 g/mol. The van der Waals surface area contributed by atoms with E-state index < -0.39 is 18.0 Å². The standard InChI is InChI=1S/C22H22F6O4S/c1-2-14(4-3-7-20(31,21(23,24)25)22(26,27)28)17-9-19(33-13-17)12-32-18-6-5-15(10-29)16(8-18)11-30/h3-9,13,29-31H,2,10-12H2,1H3. The Hall–Kier alpha value is -2.34. The molecule has 1 aromatic heterocycles. The van der Waals surface area contributed by atoms with Gasteiger partial charge in [0.1, 0.15) is 12.4 Å². The van der Waals surface area contributed by atoms with Crippen LogP contribution in [0.5, 0.6) is 5.75 Å². The highest BCUT2D eigenvalue weighted by Gasteiger charge is 2.68. The maximum absolute atomic E-state index is 12.8. The fraction of sp³-hybridized carbons (Fsp3) is 0.364. The van der Waals surface area contributed by atoms with Crippen molar-refractivity contribution in [2.75, 3.05) is 0 Å². The Morgan fingerprint density at radius 1 is 1.00 bits per heavy atom. The summed E-state index contributed by atoms with van der Waals surface area (Å²) in [5.41, 5.74) is -2.79. The molecule has 0 aliphatic rings. The summed E-state index contributed by atoms with van der Waals surface area (Å²) in [6.45, 7) is 1.33. The van der Waals surface area contributed by atoms with E-state index in [1.807, 2.05) is 0 Å². The minimum atomic E-state index is -5.92. The molecule has 0 bridgehead atoms. The third-order valence-corrected chi connectivity index (χ3v) is 5.71. The molecule has 0 atom stereocenters. The van der Waals surface area contributed by atoms with Crippen molar-refractivity contribution in [3.8, 4) is 5.75 Å². The Balaban J connectivity index is 2.15. The molecule has 0 saturated carbocycles. The summed E-state index contributed by atoms with van der Waals surface area (Å²) < 4.78 is 82.3. The molecular weight excluding hydrogens is 474 g/mol. The minimum absolute atomic E-state index is 0.142. The van der Waals surface area contributed by atoms with Gasteiger partial charge in [-0.25, -0.2) is 0 Å². The maximum Gasteiger partial charge on any atom is 0.430 e. The molecule has 0 amide bonds. The van der Waals surface area contributed by atoms with Gasteiger partial charge in [-0.2, -0.15) is 26.3 Å². The van der Waals surface area contributed by atoms with E-state index in [0.717, 1.165) is 11.0 Å². The van der Waals surface area contributed by atoms with E-state index in [1.165, 1.54) is 11.3 Å². The fourth-order valence-electron chi connectivity index (χ4n) is 2.84.